The van der Waals surface area contributed by atoms with E-state index in [0.29, 0.717) is 0 Å². The van der Waals surface area contributed by atoms with Crippen molar-refractivity contribution in [2.75, 3.05) is 12.8 Å². The van der Waals surface area contributed by atoms with E-state index < -0.39 is 0 Å². The van der Waals surface area contributed by atoms with E-state index >= 15 is 0 Å². The van der Waals surface area contributed by atoms with Gasteiger partial charge in [0, 0.05) is 24.0 Å². The SMILES string of the molecule is C=C(C)c1sc(-c2cccnc2)nc1C.COc1nc(N)cc(=O)[nH]1. The van der Waals surface area contributed by atoms with Gasteiger partial charge in [-0.05, 0) is 31.6 Å². The van der Waals surface area contributed by atoms with E-state index in [2.05, 4.69) is 31.3 Å². The average Bonchev–Trinajstić information content (AvgIpc) is 2.97. The van der Waals surface area contributed by atoms with E-state index in [1.54, 1.807) is 17.5 Å². The third-order valence-electron chi connectivity index (χ3n) is 3.03. The van der Waals surface area contributed by atoms with E-state index in [0.717, 1.165) is 21.8 Å². The molecule has 0 bridgehead atoms. The lowest BCUT2D eigenvalue weighted by molar-refractivity contribution is 0.379. The van der Waals surface area contributed by atoms with Gasteiger partial charge < -0.3 is 10.5 Å². The van der Waals surface area contributed by atoms with Gasteiger partial charge in [0.15, 0.2) is 0 Å². The number of thiazole rings is 1. The second-order valence-corrected chi connectivity index (χ2v) is 6.13. The monoisotopic (exact) mass is 357 g/mol. The Morgan fingerprint density at radius 1 is 1.40 bits per heavy atom. The molecule has 3 rings (SSSR count). The van der Waals surface area contributed by atoms with Crippen LogP contribution in [0.2, 0.25) is 0 Å². The molecule has 3 aromatic heterocycles. The summed E-state index contributed by atoms with van der Waals surface area (Å²) in [6, 6.07) is 5.26. The molecule has 3 aromatic rings. The predicted molar refractivity (Wildman–Crippen MR) is 101 cm³/mol. The minimum absolute atomic E-state index is 0.130. The van der Waals surface area contributed by atoms with Crippen LogP contribution in [0.15, 0.2) is 42.0 Å². The Kier molecular flexibility index (Phi) is 6.02. The fraction of sp³-hybridized carbons (Fsp3) is 0.176. The van der Waals surface area contributed by atoms with Gasteiger partial charge in [-0.1, -0.05) is 6.58 Å². The van der Waals surface area contributed by atoms with Crippen molar-refractivity contribution in [1.29, 1.82) is 0 Å². The second kappa shape index (κ2) is 8.20. The van der Waals surface area contributed by atoms with Gasteiger partial charge in [0.2, 0.25) is 0 Å². The molecule has 130 valence electrons. The van der Waals surface area contributed by atoms with E-state index in [-0.39, 0.29) is 17.4 Å². The first kappa shape index (κ1) is 18.3. The van der Waals surface area contributed by atoms with Crippen molar-refractivity contribution in [3.05, 3.63) is 58.1 Å². The third-order valence-corrected chi connectivity index (χ3v) is 4.39. The zero-order valence-electron chi connectivity index (χ0n) is 14.2. The van der Waals surface area contributed by atoms with Crippen LogP contribution in [0.4, 0.5) is 5.82 Å². The Hall–Kier alpha value is -3.00. The molecule has 0 atom stereocenters. The lowest BCUT2D eigenvalue weighted by Gasteiger charge is -1.96. The van der Waals surface area contributed by atoms with E-state index in [1.165, 1.54) is 18.1 Å². The minimum Gasteiger partial charge on any atom is -0.468 e. The molecule has 0 fully saturated rings. The van der Waals surface area contributed by atoms with Gasteiger partial charge in [-0.3, -0.25) is 14.8 Å². The molecule has 0 aromatic carbocycles. The number of nitrogen functional groups attached to an aromatic ring is 1. The van der Waals surface area contributed by atoms with Gasteiger partial charge in [0.25, 0.3) is 11.6 Å². The Bertz CT molecular complexity index is 918. The molecule has 0 radical (unpaired) electrons. The normalized spacial score (nSPS) is 9.88. The molecular formula is C17H19N5O2S. The molecule has 3 N–H and O–H groups in total. The maximum absolute atomic E-state index is 10.6. The Labute approximate surface area is 149 Å². The van der Waals surface area contributed by atoms with Crippen molar-refractivity contribution < 1.29 is 4.74 Å². The number of rotatable bonds is 3. The summed E-state index contributed by atoms with van der Waals surface area (Å²) in [7, 11) is 1.40. The smallest absolute Gasteiger partial charge is 0.298 e. The summed E-state index contributed by atoms with van der Waals surface area (Å²) in [6.07, 6.45) is 3.60. The number of pyridine rings is 1. The van der Waals surface area contributed by atoms with Crippen LogP contribution in [-0.2, 0) is 0 Å². The van der Waals surface area contributed by atoms with Crippen molar-refractivity contribution in [2.45, 2.75) is 13.8 Å². The molecular weight excluding hydrogens is 338 g/mol. The number of aromatic amines is 1. The van der Waals surface area contributed by atoms with Crippen LogP contribution >= 0.6 is 11.3 Å². The van der Waals surface area contributed by atoms with Gasteiger partial charge in [-0.15, -0.1) is 11.3 Å². The molecule has 8 heteroatoms. The lowest BCUT2D eigenvalue weighted by Crippen LogP contribution is -2.09. The number of nitrogens with zero attached hydrogens (tertiary/aromatic N) is 3. The molecule has 0 saturated carbocycles. The van der Waals surface area contributed by atoms with Crippen molar-refractivity contribution >= 4 is 22.7 Å². The highest BCUT2D eigenvalue weighted by Crippen LogP contribution is 2.30. The van der Waals surface area contributed by atoms with Crippen LogP contribution in [0.5, 0.6) is 6.01 Å². The molecule has 3 heterocycles. The lowest BCUT2D eigenvalue weighted by atomic mass is 10.2. The summed E-state index contributed by atoms with van der Waals surface area (Å²) < 4.78 is 4.63. The summed E-state index contributed by atoms with van der Waals surface area (Å²) in [5.74, 6) is 0.153. The molecule has 0 aliphatic heterocycles. The first-order valence-corrected chi connectivity index (χ1v) is 8.17. The molecule has 0 aliphatic carbocycles. The van der Waals surface area contributed by atoms with Gasteiger partial charge in [0.05, 0.1) is 17.7 Å². The summed E-state index contributed by atoms with van der Waals surface area (Å²) >= 11 is 1.67. The van der Waals surface area contributed by atoms with Crippen LogP contribution < -0.4 is 16.0 Å². The third kappa shape index (κ3) is 4.98. The van der Waals surface area contributed by atoms with Crippen molar-refractivity contribution in [1.82, 2.24) is 19.9 Å². The quantitative estimate of drug-likeness (QED) is 0.746. The van der Waals surface area contributed by atoms with E-state index in [4.69, 9.17) is 5.73 Å². The minimum atomic E-state index is -0.315. The zero-order chi connectivity index (χ0) is 18.4. The van der Waals surface area contributed by atoms with Gasteiger partial charge in [0.1, 0.15) is 10.8 Å². The first-order valence-electron chi connectivity index (χ1n) is 7.35. The summed E-state index contributed by atoms with van der Waals surface area (Å²) in [6.45, 7) is 7.97. The number of hydrogen-bond acceptors (Lipinski definition) is 7. The Balaban J connectivity index is 0.000000196. The molecule has 0 aliphatic rings. The van der Waals surface area contributed by atoms with Gasteiger partial charge >= 0.3 is 0 Å². The van der Waals surface area contributed by atoms with Crippen molar-refractivity contribution in [3.8, 4) is 16.6 Å². The molecule has 0 amide bonds. The first-order chi connectivity index (χ1) is 11.9. The summed E-state index contributed by atoms with van der Waals surface area (Å²) in [5, 5.41) is 1.01. The number of anilines is 1. The molecule has 25 heavy (non-hydrogen) atoms. The number of methoxy groups -OCH3 is 1. The fourth-order valence-corrected chi connectivity index (χ4v) is 2.94. The molecule has 0 unspecified atom stereocenters. The number of aryl methyl sites for hydroxylation is 1. The maximum atomic E-state index is 10.6. The average molecular weight is 357 g/mol. The predicted octanol–water partition coefficient (Wildman–Crippen LogP) is 2.91. The Morgan fingerprint density at radius 2 is 2.16 bits per heavy atom. The molecule has 0 saturated heterocycles. The standard InChI is InChI=1S/C12H12N2S.C5H7N3O2/c1-8(2)11-9(3)14-12(15-11)10-5-4-6-13-7-10;1-10-5-7-3(6)2-4(9)8-5/h4-7H,1H2,2-3H3;2H,1H3,(H3,6,7,8,9). The van der Waals surface area contributed by atoms with Crippen LogP contribution in [0.1, 0.15) is 17.5 Å². The van der Waals surface area contributed by atoms with Crippen molar-refractivity contribution in [2.24, 2.45) is 0 Å². The summed E-state index contributed by atoms with van der Waals surface area (Å²) in [4.78, 5) is 26.4. The topological polar surface area (TPSA) is 107 Å². The van der Waals surface area contributed by atoms with Crippen molar-refractivity contribution in [3.63, 3.8) is 0 Å². The highest BCUT2D eigenvalue weighted by molar-refractivity contribution is 7.16. The number of allylic oxidation sites excluding steroid dienone is 1. The fourth-order valence-electron chi connectivity index (χ4n) is 1.96. The van der Waals surface area contributed by atoms with E-state index in [1.807, 2.05) is 32.2 Å². The highest BCUT2D eigenvalue weighted by Gasteiger charge is 2.09. The van der Waals surface area contributed by atoms with E-state index in [9.17, 15) is 4.79 Å². The van der Waals surface area contributed by atoms with Crippen LogP contribution in [0.25, 0.3) is 16.1 Å². The Morgan fingerprint density at radius 3 is 2.68 bits per heavy atom. The largest absolute Gasteiger partial charge is 0.468 e. The van der Waals surface area contributed by atoms with Crippen LogP contribution in [0.3, 0.4) is 0 Å². The number of nitrogens with two attached hydrogens (primary N) is 1. The highest BCUT2D eigenvalue weighted by atomic mass is 32.1. The zero-order valence-corrected chi connectivity index (χ0v) is 15.1. The second-order valence-electron chi connectivity index (χ2n) is 5.14. The van der Waals surface area contributed by atoms with Gasteiger partial charge in [-0.2, -0.15) is 4.98 Å². The molecule has 7 nitrogen and oxygen atoms in total. The van der Waals surface area contributed by atoms with Crippen LogP contribution in [-0.4, -0.2) is 27.0 Å². The number of aromatic nitrogens is 4. The van der Waals surface area contributed by atoms with Gasteiger partial charge in [-0.25, -0.2) is 4.98 Å². The number of nitrogens with one attached hydrogen (secondary N) is 1. The van der Waals surface area contributed by atoms with Crippen LogP contribution in [0, 0.1) is 6.92 Å². The molecule has 0 spiro atoms. The number of hydrogen-bond donors (Lipinski definition) is 2. The summed E-state index contributed by atoms with van der Waals surface area (Å²) in [5.41, 5.74) is 8.09. The number of H-pyrrole nitrogens is 1. The number of ether oxygens (including phenoxy) is 1. The maximum Gasteiger partial charge on any atom is 0.298 e.